The van der Waals surface area contributed by atoms with Gasteiger partial charge in [-0.25, -0.2) is 4.79 Å². The number of Topliss-reactive ketones (excluding diaryl/α,β-unsaturated/α-hetero) is 1. The molecule has 0 unspecified atom stereocenters. The summed E-state index contributed by atoms with van der Waals surface area (Å²) in [5.41, 5.74) is -0.496. The number of carbonyl (C=O) groups excluding carboxylic acids is 1. The Hall–Kier alpha value is -3.84. The summed E-state index contributed by atoms with van der Waals surface area (Å²) in [4.78, 5) is 23.3. The van der Waals surface area contributed by atoms with Crippen molar-refractivity contribution in [3.05, 3.63) is 64.1 Å². The zero-order valence-corrected chi connectivity index (χ0v) is 19.0. The second kappa shape index (κ2) is 10.2. The Morgan fingerprint density at radius 2 is 1.31 bits per heavy atom. The van der Waals surface area contributed by atoms with Crippen LogP contribution in [0.25, 0.3) is 0 Å². The van der Waals surface area contributed by atoms with E-state index in [9.17, 15) is 45.3 Å². The lowest BCUT2D eigenvalue weighted by atomic mass is 10.0. The maximum atomic E-state index is 12.1. The molecule has 35 heavy (non-hydrogen) atoms. The molecule has 0 aliphatic heterocycles. The molecule has 0 fully saturated rings. The van der Waals surface area contributed by atoms with E-state index in [-0.39, 0.29) is 34.5 Å². The van der Waals surface area contributed by atoms with E-state index in [1.165, 1.54) is 26.0 Å². The molecule has 12 heteroatoms. The van der Waals surface area contributed by atoms with Crippen LogP contribution in [0.5, 0.6) is 17.2 Å². The maximum Gasteiger partial charge on any atom is 0.388 e. The Bertz CT molecular complexity index is 1160. The number of carboxylic acid groups (broad SMARTS) is 1. The number of phenols is 1. The minimum atomic E-state index is -3.77. The average molecular weight is 494 g/mol. The molecule has 0 saturated carbocycles. The molecule has 0 bridgehead atoms. The fourth-order valence-corrected chi connectivity index (χ4v) is 3.05. The summed E-state index contributed by atoms with van der Waals surface area (Å²) in [5.74, 6) is -14.4. The van der Waals surface area contributed by atoms with E-state index in [1.54, 1.807) is 6.92 Å². The van der Waals surface area contributed by atoms with Crippen LogP contribution in [0, 0.1) is 13.8 Å². The van der Waals surface area contributed by atoms with E-state index >= 15 is 0 Å². The van der Waals surface area contributed by atoms with Crippen molar-refractivity contribution in [1.82, 2.24) is 0 Å². The number of ether oxygens (including phenoxy) is 2. The lowest BCUT2D eigenvalue weighted by Crippen LogP contribution is -2.45. The molecule has 12 nitrogen and oxygen atoms in total. The molecule has 0 aliphatic rings. The van der Waals surface area contributed by atoms with E-state index in [0.29, 0.717) is 6.42 Å². The summed E-state index contributed by atoms with van der Waals surface area (Å²) < 4.78 is 9.61. The van der Waals surface area contributed by atoms with Gasteiger partial charge in [-0.05, 0) is 44.5 Å². The summed E-state index contributed by atoms with van der Waals surface area (Å²) in [5, 5.41) is 80.1. The lowest BCUT2D eigenvalue weighted by Gasteiger charge is -2.28. The molecule has 0 aromatic heterocycles. The number of aromatic carboxylic acids is 1. The number of carboxylic acids is 1. The summed E-state index contributed by atoms with van der Waals surface area (Å²) in [7, 11) is 0. The summed E-state index contributed by atoms with van der Waals surface area (Å²) in [6, 6.07) is 5.77. The van der Waals surface area contributed by atoms with Gasteiger partial charge in [0.2, 0.25) is 11.5 Å². The lowest BCUT2D eigenvalue weighted by molar-refractivity contribution is -0.305. The molecule has 0 radical (unpaired) electrons. The Morgan fingerprint density at radius 3 is 1.80 bits per heavy atom. The number of hydrogen-bond acceptors (Lipinski definition) is 11. The SMILES string of the molecule is CCCC(=O)c1ccc(OC(O)(O)/C(O)=C(\O)C(O)(O)Oc2cccc(C(=O)O)c2C)c(C)c1O. The molecule has 0 saturated heterocycles. The number of aromatic hydroxyl groups is 1. The molecular weight excluding hydrogens is 468 g/mol. The highest BCUT2D eigenvalue weighted by Gasteiger charge is 2.45. The van der Waals surface area contributed by atoms with Crippen molar-refractivity contribution in [3.8, 4) is 17.2 Å². The Morgan fingerprint density at radius 1 is 0.800 bits per heavy atom. The van der Waals surface area contributed by atoms with Crippen LogP contribution in [0.2, 0.25) is 0 Å². The molecule has 0 spiro atoms. The second-order valence-corrected chi connectivity index (χ2v) is 7.61. The molecule has 190 valence electrons. The number of ketones is 1. The summed E-state index contributed by atoms with van der Waals surface area (Å²) >= 11 is 0. The third-order valence-corrected chi connectivity index (χ3v) is 5.02. The monoisotopic (exact) mass is 494 g/mol. The Kier molecular flexibility index (Phi) is 7.98. The van der Waals surface area contributed by atoms with E-state index in [4.69, 9.17) is 14.6 Å². The fraction of sp³-hybridized carbons (Fsp3) is 0.304. The highest BCUT2D eigenvalue weighted by atomic mass is 16.8. The predicted octanol–water partition coefficient (Wildman–Crippen LogP) is 1.75. The molecule has 0 atom stereocenters. The highest BCUT2D eigenvalue weighted by molar-refractivity contribution is 5.99. The maximum absolute atomic E-state index is 12.1. The van der Waals surface area contributed by atoms with Crippen molar-refractivity contribution in [3.63, 3.8) is 0 Å². The van der Waals surface area contributed by atoms with E-state index in [0.717, 1.165) is 18.2 Å². The number of aliphatic hydroxyl groups is 6. The van der Waals surface area contributed by atoms with Gasteiger partial charge < -0.3 is 50.3 Å². The molecule has 0 amide bonds. The molecule has 0 heterocycles. The van der Waals surface area contributed by atoms with Crippen molar-refractivity contribution < 1.29 is 59.9 Å². The standard InChI is InChI=1S/C23H26O12/c1-4-6-15(24)14-9-10-17(12(3)18(14)25)35-23(32,33)20(27)19(26)22(30,31)34-16-8-5-7-13(11(16)2)21(28)29/h5,7-10,25-27,30-33H,4,6H2,1-3H3,(H,28,29)/b20-19+. The van der Waals surface area contributed by atoms with Gasteiger partial charge in [-0.15, -0.1) is 0 Å². The van der Waals surface area contributed by atoms with E-state index < -0.39 is 46.7 Å². The van der Waals surface area contributed by atoms with Crippen LogP contribution in [-0.4, -0.2) is 64.6 Å². The molecule has 2 aromatic rings. The number of carbonyl (C=O) groups is 2. The first-order chi connectivity index (χ1) is 16.1. The zero-order valence-electron chi connectivity index (χ0n) is 19.0. The normalized spacial score (nSPS) is 12.7. The van der Waals surface area contributed by atoms with Crippen molar-refractivity contribution >= 4 is 11.8 Å². The first kappa shape index (κ1) is 27.4. The minimum Gasteiger partial charge on any atom is -0.507 e. The van der Waals surface area contributed by atoms with Gasteiger partial charge in [0.05, 0.1) is 11.1 Å². The second-order valence-electron chi connectivity index (χ2n) is 7.61. The third kappa shape index (κ3) is 5.81. The highest BCUT2D eigenvalue weighted by Crippen LogP contribution is 2.35. The van der Waals surface area contributed by atoms with Crippen molar-refractivity contribution in [2.24, 2.45) is 0 Å². The zero-order chi connectivity index (χ0) is 26.7. The predicted molar refractivity (Wildman–Crippen MR) is 118 cm³/mol. The van der Waals surface area contributed by atoms with Crippen LogP contribution >= 0.6 is 0 Å². The number of benzene rings is 2. The quantitative estimate of drug-likeness (QED) is 0.135. The smallest absolute Gasteiger partial charge is 0.388 e. The molecule has 2 rings (SSSR count). The fourth-order valence-electron chi connectivity index (χ4n) is 3.05. The van der Waals surface area contributed by atoms with Crippen LogP contribution in [-0.2, 0) is 0 Å². The van der Waals surface area contributed by atoms with E-state index in [2.05, 4.69) is 0 Å². The van der Waals surface area contributed by atoms with Gasteiger partial charge in [-0.1, -0.05) is 13.0 Å². The first-order valence-corrected chi connectivity index (χ1v) is 10.2. The topological polar surface area (TPSA) is 214 Å². The number of phenolic OH excluding ortho intramolecular Hbond substituents is 1. The van der Waals surface area contributed by atoms with E-state index in [1.807, 2.05) is 0 Å². The molecular formula is C23H26O12. The van der Waals surface area contributed by atoms with Crippen LogP contribution in [0.3, 0.4) is 0 Å². The van der Waals surface area contributed by atoms with Gasteiger partial charge in [-0.2, -0.15) is 0 Å². The van der Waals surface area contributed by atoms with Crippen LogP contribution in [0.15, 0.2) is 41.9 Å². The number of hydrogen-bond donors (Lipinski definition) is 8. The average Bonchev–Trinajstić information content (AvgIpc) is 2.77. The van der Waals surface area contributed by atoms with Gasteiger partial charge in [0.1, 0.15) is 17.2 Å². The van der Waals surface area contributed by atoms with Crippen molar-refractivity contribution in [1.29, 1.82) is 0 Å². The van der Waals surface area contributed by atoms with Gasteiger partial charge >= 0.3 is 17.9 Å². The minimum absolute atomic E-state index is 0.0436. The largest absolute Gasteiger partial charge is 0.507 e. The summed E-state index contributed by atoms with van der Waals surface area (Å²) in [6.45, 7) is 4.31. The van der Waals surface area contributed by atoms with Crippen molar-refractivity contribution in [2.75, 3.05) is 0 Å². The van der Waals surface area contributed by atoms with Gasteiger partial charge in [0.25, 0.3) is 0 Å². The number of rotatable bonds is 10. The molecule has 0 aliphatic carbocycles. The van der Waals surface area contributed by atoms with Gasteiger partial charge in [-0.3, -0.25) is 4.79 Å². The Balaban J connectivity index is 2.37. The van der Waals surface area contributed by atoms with Crippen LogP contribution < -0.4 is 9.47 Å². The first-order valence-electron chi connectivity index (χ1n) is 10.2. The van der Waals surface area contributed by atoms with Gasteiger partial charge in [0, 0.05) is 17.5 Å². The number of aliphatic hydroxyl groups excluding tert-OH is 2. The van der Waals surface area contributed by atoms with Crippen molar-refractivity contribution in [2.45, 2.75) is 45.6 Å². The summed E-state index contributed by atoms with van der Waals surface area (Å²) in [6.07, 6.45) is 0.675. The van der Waals surface area contributed by atoms with Crippen LogP contribution in [0.4, 0.5) is 0 Å². The van der Waals surface area contributed by atoms with Gasteiger partial charge in [0.15, 0.2) is 5.78 Å². The Labute approximate surface area is 199 Å². The van der Waals surface area contributed by atoms with Crippen LogP contribution in [0.1, 0.15) is 51.6 Å². The molecule has 2 aromatic carbocycles. The molecule has 8 N–H and O–H groups in total. The third-order valence-electron chi connectivity index (χ3n) is 5.02.